The molecule has 0 radical (unpaired) electrons. The summed E-state index contributed by atoms with van der Waals surface area (Å²) in [4.78, 5) is 12.3. The Morgan fingerprint density at radius 3 is 2.63 bits per heavy atom. The van der Waals surface area contributed by atoms with Crippen molar-refractivity contribution in [1.82, 2.24) is 10.2 Å². The average Bonchev–Trinajstić information content (AvgIpc) is 3.20. The van der Waals surface area contributed by atoms with Crippen molar-refractivity contribution < 1.29 is 23.4 Å². The van der Waals surface area contributed by atoms with E-state index in [9.17, 15) is 4.79 Å². The SMILES string of the molecule is CCOCc1cc(C(=O)OCc2nnc(-c3ccccc3)o2)ccc1OC. The van der Waals surface area contributed by atoms with Gasteiger partial charge in [0.1, 0.15) is 5.75 Å². The number of esters is 1. The van der Waals surface area contributed by atoms with Gasteiger partial charge in [0.15, 0.2) is 6.61 Å². The molecule has 0 N–H and O–H groups in total. The first-order valence-corrected chi connectivity index (χ1v) is 8.51. The molecule has 1 aromatic heterocycles. The van der Waals surface area contributed by atoms with Gasteiger partial charge in [-0.15, -0.1) is 10.2 Å². The lowest BCUT2D eigenvalue weighted by atomic mass is 10.1. The summed E-state index contributed by atoms with van der Waals surface area (Å²) in [5, 5.41) is 7.88. The Kier molecular flexibility index (Phi) is 6.17. The number of ether oxygens (including phenoxy) is 3. The highest BCUT2D eigenvalue weighted by molar-refractivity contribution is 5.89. The second-order valence-electron chi connectivity index (χ2n) is 5.61. The first-order valence-electron chi connectivity index (χ1n) is 8.51. The smallest absolute Gasteiger partial charge is 0.338 e. The van der Waals surface area contributed by atoms with Gasteiger partial charge in [0.25, 0.3) is 5.89 Å². The molecule has 0 aliphatic heterocycles. The Hall–Kier alpha value is -3.19. The fourth-order valence-corrected chi connectivity index (χ4v) is 2.45. The summed E-state index contributed by atoms with van der Waals surface area (Å²) in [7, 11) is 1.57. The predicted octanol–water partition coefficient (Wildman–Crippen LogP) is 3.64. The molecule has 0 bridgehead atoms. The molecule has 0 aliphatic carbocycles. The van der Waals surface area contributed by atoms with Gasteiger partial charge >= 0.3 is 5.97 Å². The van der Waals surface area contributed by atoms with Crippen LogP contribution in [0.5, 0.6) is 5.75 Å². The second-order valence-corrected chi connectivity index (χ2v) is 5.61. The highest BCUT2D eigenvalue weighted by Crippen LogP contribution is 2.22. The number of carbonyl (C=O) groups is 1. The van der Waals surface area contributed by atoms with Gasteiger partial charge in [-0.1, -0.05) is 18.2 Å². The van der Waals surface area contributed by atoms with E-state index >= 15 is 0 Å². The predicted molar refractivity (Wildman–Crippen MR) is 97.2 cm³/mol. The number of hydrogen-bond acceptors (Lipinski definition) is 7. The Balaban J connectivity index is 1.65. The van der Waals surface area contributed by atoms with Gasteiger partial charge in [-0.3, -0.25) is 0 Å². The van der Waals surface area contributed by atoms with Crippen LogP contribution >= 0.6 is 0 Å². The van der Waals surface area contributed by atoms with Crippen molar-refractivity contribution in [3.8, 4) is 17.2 Å². The van der Waals surface area contributed by atoms with Crippen LogP contribution in [-0.2, 0) is 22.7 Å². The van der Waals surface area contributed by atoms with E-state index in [1.54, 1.807) is 25.3 Å². The lowest BCUT2D eigenvalue weighted by molar-refractivity contribution is 0.0438. The minimum absolute atomic E-state index is 0.106. The van der Waals surface area contributed by atoms with Gasteiger partial charge in [0.05, 0.1) is 19.3 Å². The van der Waals surface area contributed by atoms with Crippen LogP contribution in [0.1, 0.15) is 28.7 Å². The summed E-state index contributed by atoms with van der Waals surface area (Å²) in [6.45, 7) is 2.72. The van der Waals surface area contributed by atoms with Crippen LogP contribution < -0.4 is 4.74 Å². The molecule has 0 fully saturated rings. The number of carbonyl (C=O) groups excluding carboxylic acids is 1. The first-order chi connectivity index (χ1) is 13.2. The Labute approximate surface area is 156 Å². The van der Waals surface area contributed by atoms with E-state index in [-0.39, 0.29) is 12.5 Å². The summed E-state index contributed by atoms with van der Waals surface area (Å²) in [5.41, 5.74) is 1.98. The topological polar surface area (TPSA) is 83.7 Å². The molecule has 3 aromatic rings. The van der Waals surface area contributed by atoms with Crippen molar-refractivity contribution in [1.29, 1.82) is 0 Å². The zero-order chi connectivity index (χ0) is 19.1. The molecule has 3 rings (SSSR count). The number of benzene rings is 2. The van der Waals surface area contributed by atoms with Gasteiger partial charge in [-0.05, 0) is 37.3 Å². The van der Waals surface area contributed by atoms with Crippen LogP contribution in [0.25, 0.3) is 11.5 Å². The van der Waals surface area contributed by atoms with Gasteiger partial charge in [0.2, 0.25) is 5.89 Å². The molecule has 27 heavy (non-hydrogen) atoms. The minimum Gasteiger partial charge on any atom is -0.496 e. The maximum atomic E-state index is 12.3. The molecule has 1 heterocycles. The van der Waals surface area contributed by atoms with Crippen molar-refractivity contribution in [2.45, 2.75) is 20.1 Å². The normalized spacial score (nSPS) is 10.6. The van der Waals surface area contributed by atoms with Gasteiger partial charge < -0.3 is 18.6 Å². The molecule has 0 unspecified atom stereocenters. The van der Waals surface area contributed by atoms with Crippen molar-refractivity contribution in [2.24, 2.45) is 0 Å². The van der Waals surface area contributed by atoms with E-state index in [0.717, 1.165) is 11.1 Å². The number of aromatic nitrogens is 2. The standard InChI is InChI=1S/C20H20N2O5/c1-3-25-12-16-11-15(9-10-17(16)24-2)20(23)26-13-18-21-22-19(27-18)14-7-5-4-6-8-14/h4-11H,3,12-13H2,1-2H3. The molecule has 0 spiro atoms. The third-order valence-corrected chi connectivity index (χ3v) is 3.79. The zero-order valence-electron chi connectivity index (χ0n) is 15.2. The Bertz CT molecular complexity index is 892. The van der Waals surface area contributed by atoms with Gasteiger partial charge in [-0.2, -0.15) is 0 Å². The largest absolute Gasteiger partial charge is 0.496 e. The third-order valence-electron chi connectivity index (χ3n) is 3.79. The summed E-state index contributed by atoms with van der Waals surface area (Å²) in [6.07, 6.45) is 0. The third kappa shape index (κ3) is 4.71. The minimum atomic E-state index is -0.491. The molecular formula is C20H20N2O5. The Morgan fingerprint density at radius 1 is 1.07 bits per heavy atom. The lowest BCUT2D eigenvalue weighted by Gasteiger charge is -2.10. The maximum absolute atomic E-state index is 12.3. The maximum Gasteiger partial charge on any atom is 0.338 e. The summed E-state index contributed by atoms with van der Waals surface area (Å²) in [5.74, 6) is 0.773. The molecule has 7 nitrogen and oxygen atoms in total. The lowest BCUT2D eigenvalue weighted by Crippen LogP contribution is -2.07. The number of nitrogens with zero attached hydrogens (tertiary/aromatic N) is 2. The van der Waals surface area contributed by atoms with Crippen molar-refractivity contribution in [3.63, 3.8) is 0 Å². The van der Waals surface area contributed by atoms with Crippen molar-refractivity contribution in [2.75, 3.05) is 13.7 Å². The van der Waals surface area contributed by atoms with E-state index in [1.165, 1.54) is 0 Å². The van der Waals surface area contributed by atoms with Gasteiger partial charge in [-0.25, -0.2) is 4.79 Å². The Morgan fingerprint density at radius 2 is 1.89 bits per heavy atom. The second kappa shape index (κ2) is 8.95. The van der Waals surface area contributed by atoms with Gasteiger partial charge in [0, 0.05) is 17.7 Å². The van der Waals surface area contributed by atoms with Crippen molar-refractivity contribution >= 4 is 5.97 Å². The molecule has 0 aliphatic rings. The van der Waals surface area contributed by atoms with E-state index in [1.807, 2.05) is 37.3 Å². The summed E-state index contributed by atoms with van der Waals surface area (Å²) < 4.78 is 21.5. The van der Waals surface area contributed by atoms with Crippen molar-refractivity contribution in [3.05, 3.63) is 65.5 Å². The van der Waals surface area contributed by atoms with Crippen LogP contribution in [0, 0.1) is 0 Å². The van der Waals surface area contributed by atoms with Crippen LogP contribution in [0.4, 0.5) is 0 Å². The highest BCUT2D eigenvalue weighted by atomic mass is 16.5. The molecule has 0 amide bonds. The van der Waals surface area contributed by atoms with Crippen LogP contribution in [0.15, 0.2) is 52.9 Å². The van der Waals surface area contributed by atoms with Crippen LogP contribution in [-0.4, -0.2) is 29.9 Å². The van der Waals surface area contributed by atoms with E-state index in [2.05, 4.69) is 10.2 Å². The fourth-order valence-electron chi connectivity index (χ4n) is 2.45. The number of hydrogen-bond donors (Lipinski definition) is 0. The van der Waals surface area contributed by atoms with E-state index in [0.29, 0.717) is 30.4 Å². The number of methoxy groups -OCH3 is 1. The van der Waals surface area contributed by atoms with Crippen LogP contribution in [0.3, 0.4) is 0 Å². The van der Waals surface area contributed by atoms with Crippen LogP contribution in [0.2, 0.25) is 0 Å². The average molecular weight is 368 g/mol. The summed E-state index contributed by atoms with van der Waals surface area (Å²) >= 11 is 0. The summed E-state index contributed by atoms with van der Waals surface area (Å²) in [6, 6.07) is 14.4. The molecule has 2 aromatic carbocycles. The molecule has 0 atom stereocenters. The zero-order valence-corrected chi connectivity index (χ0v) is 15.2. The highest BCUT2D eigenvalue weighted by Gasteiger charge is 2.14. The van der Waals surface area contributed by atoms with E-state index in [4.69, 9.17) is 18.6 Å². The quantitative estimate of drug-likeness (QED) is 0.561. The molecule has 140 valence electrons. The monoisotopic (exact) mass is 368 g/mol. The molecule has 0 saturated carbocycles. The first kappa shape index (κ1) is 18.6. The molecular weight excluding hydrogens is 348 g/mol. The fraction of sp³-hybridized carbons (Fsp3) is 0.250. The van der Waals surface area contributed by atoms with E-state index < -0.39 is 5.97 Å². The molecule has 0 saturated heterocycles. The number of rotatable bonds is 8. The molecule has 7 heteroatoms.